The molecular weight excluding hydrogens is 340 g/mol. The highest BCUT2D eigenvalue weighted by molar-refractivity contribution is 5.95. The molecule has 0 aliphatic carbocycles. The molecule has 3 N–H and O–H groups in total. The molecule has 144 valence electrons. The van der Waals surface area contributed by atoms with Crippen LogP contribution >= 0.6 is 0 Å². The first-order chi connectivity index (χ1) is 13.0. The molecular formula is C21H28N4O2. The molecule has 2 aromatic carbocycles. The number of amides is 3. The number of nitrogens with one attached hydrogen (secondary N) is 3. The van der Waals surface area contributed by atoms with E-state index in [1.54, 1.807) is 24.3 Å². The van der Waals surface area contributed by atoms with E-state index in [1.807, 2.05) is 39.1 Å². The van der Waals surface area contributed by atoms with E-state index in [1.165, 1.54) is 0 Å². The Morgan fingerprint density at radius 3 is 2.30 bits per heavy atom. The van der Waals surface area contributed by atoms with Crippen LogP contribution in [0.3, 0.4) is 0 Å². The molecule has 0 fully saturated rings. The SMILES string of the molecule is CC(C)NC(=O)c1ccc(NC(=O)NCCCN(C)c2ccccc2)cc1. The van der Waals surface area contributed by atoms with Crippen molar-refractivity contribution in [2.24, 2.45) is 0 Å². The average Bonchev–Trinajstić information content (AvgIpc) is 2.65. The third kappa shape index (κ3) is 7.01. The number of rotatable bonds is 8. The van der Waals surface area contributed by atoms with Crippen LogP contribution in [0, 0.1) is 0 Å². The zero-order valence-electron chi connectivity index (χ0n) is 16.2. The average molecular weight is 368 g/mol. The number of anilines is 2. The molecule has 0 saturated heterocycles. The first-order valence-electron chi connectivity index (χ1n) is 9.17. The quantitative estimate of drug-likeness (QED) is 0.625. The molecule has 0 aromatic heterocycles. The Morgan fingerprint density at radius 2 is 1.67 bits per heavy atom. The van der Waals surface area contributed by atoms with Crippen molar-refractivity contribution in [2.45, 2.75) is 26.3 Å². The van der Waals surface area contributed by atoms with Crippen LogP contribution in [-0.2, 0) is 0 Å². The van der Waals surface area contributed by atoms with Crippen LogP contribution in [0.1, 0.15) is 30.6 Å². The lowest BCUT2D eigenvalue weighted by atomic mass is 10.2. The Balaban J connectivity index is 1.70. The Labute approximate surface area is 161 Å². The molecule has 6 nitrogen and oxygen atoms in total. The second kappa shape index (κ2) is 10.2. The molecule has 27 heavy (non-hydrogen) atoms. The predicted molar refractivity (Wildman–Crippen MR) is 110 cm³/mol. The second-order valence-electron chi connectivity index (χ2n) is 6.70. The molecule has 0 atom stereocenters. The van der Waals surface area contributed by atoms with Gasteiger partial charge in [0.1, 0.15) is 0 Å². The van der Waals surface area contributed by atoms with Crippen molar-refractivity contribution < 1.29 is 9.59 Å². The molecule has 0 spiro atoms. The molecule has 6 heteroatoms. The van der Waals surface area contributed by atoms with Crippen molar-refractivity contribution in [2.75, 3.05) is 30.4 Å². The lowest BCUT2D eigenvalue weighted by Gasteiger charge is -2.19. The topological polar surface area (TPSA) is 73.5 Å². The summed E-state index contributed by atoms with van der Waals surface area (Å²) in [7, 11) is 2.03. The van der Waals surface area contributed by atoms with Crippen LogP contribution in [-0.4, -0.2) is 38.1 Å². The standard InChI is InChI=1S/C21H28N4O2/c1-16(2)23-20(26)17-10-12-18(13-11-17)24-21(27)22-14-7-15-25(3)19-8-5-4-6-9-19/h4-6,8-13,16H,7,14-15H2,1-3H3,(H,23,26)(H2,22,24,27). The fraction of sp³-hybridized carbons (Fsp3) is 0.333. The molecule has 2 rings (SSSR count). The molecule has 0 aliphatic heterocycles. The lowest BCUT2D eigenvalue weighted by molar-refractivity contribution is 0.0943. The van der Waals surface area contributed by atoms with E-state index in [9.17, 15) is 9.59 Å². The van der Waals surface area contributed by atoms with Crippen molar-refractivity contribution in [3.63, 3.8) is 0 Å². The third-order valence-corrected chi connectivity index (χ3v) is 3.98. The molecule has 0 aliphatic rings. The summed E-state index contributed by atoms with van der Waals surface area (Å²) in [5.74, 6) is -0.122. The fourth-order valence-corrected chi connectivity index (χ4v) is 2.56. The van der Waals surface area contributed by atoms with Gasteiger partial charge in [-0.15, -0.1) is 0 Å². The number of hydrogen-bond donors (Lipinski definition) is 3. The maximum atomic E-state index is 12.0. The Kier molecular flexibility index (Phi) is 7.67. The Hall–Kier alpha value is -3.02. The lowest BCUT2D eigenvalue weighted by Crippen LogP contribution is -2.32. The minimum Gasteiger partial charge on any atom is -0.375 e. The summed E-state index contributed by atoms with van der Waals surface area (Å²) in [6, 6.07) is 16.8. The van der Waals surface area contributed by atoms with Crippen LogP contribution in [0.5, 0.6) is 0 Å². The van der Waals surface area contributed by atoms with Crippen molar-refractivity contribution in [1.82, 2.24) is 10.6 Å². The normalized spacial score (nSPS) is 10.4. The van der Waals surface area contributed by atoms with E-state index in [4.69, 9.17) is 0 Å². The van der Waals surface area contributed by atoms with E-state index in [-0.39, 0.29) is 18.0 Å². The number of carbonyl (C=O) groups is 2. The summed E-state index contributed by atoms with van der Waals surface area (Å²) in [5.41, 5.74) is 2.37. The minimum atomic E-state index is -0.253. The van der Waals surface area contributed by atoms with Crippen LogP contribution in [0.2, 0.25) is 0 Å². The smallest absolute Gasteiger partial charge is 0.319 e. The van der Waals surface area contributed by atoms with Gasteiger partial charge < -0.3 is 20.9 Å². The van der Waals surface area contributed by atoms with Gasteiger partial charge >= 0.3 is 6.03 Å². The number of para-hydroxylation sites is 1. The van der Waals surface area contributed by atoms with E-state index >= 15 is 0 Å². The number of hydrogen-bond acceptors (Lipinski definition) is 3. The minimum absolute atomic E-state index is 0.0852. The molecule has 3 amide bonds. The molecule has 0 heterocycles. The summed E-state index contributed by atoms with van der Waals surface area (Å²) in [5, 5.41) is 8.45. The highest BCUT2D eigenvalue weighted by atomic mass is 16.2. The Morgan fingerprint density at radius 1 is 1.00 bits per heavy atom. The summed E-state index contributed by atoms with van der Waals surface area (Å²) in [6.45, 7) is 5.26. The highest BCUT2D eigenvalue weighted by Crippen LogP contribution is 2.11. The molecule has 0 radical (unpaired) electrons. The maximum absolute atomic E-state index is 12.0. The van der Waals surface area contributed by atoms with Gasteiger partial charge in [-0.25, -0.2) is 4.79 Å². The largest absolute Gasteiger partial charge is 0.375 e. The van der Waals surface area contributed by atoms with Crippen LogP contribution in [0.4, 0.5) is 16.2 Å². The predicted octanol–water partition coefficient (Wildman–Crippen LogP) is 3.47. The van der Waals surface area contributed by atoms with Gasteiger partial charge in [0.25, 0.3) is 5.91 Å². The van der Waals surface area contributed by atoms with Gasteiger partial charge in [-0.3, -0.25) is 4.79 Å². The summed E-state index contributed by atoms with van der Waals surface area (Å²) in [4.78, 5) is 26.0. The third-order valence-electron chi connectivity index (χ3n) is 3.98. The first-order valence-corrected chi connectivity index (χ1v) is 9.17. The van der Waals surface area contributed by atoms with Gasteiger partial charge in [-0.2, -0.15) is 0 Å². The van der Waals surface area contributed by atoms with Gasteiger partial charge in [0.2, 0.25) is 0 Å². The Bertz CT molecular complexity index is 730. The number of urea groups is 1. The zero-order chi connectivity index (χ0) is 19.6. The van der Waals surface area contributed by atoms with E-state index in [2.05, 4.69) is 33.0 Å². The fourth-order valence-electron chi connectivity index (χ4n) is 2.56. The van der Waals surface area contributed by atoms with E-state index in [0.717, 1.165) is 18.7 Å². The van der Waals surface area contributed by atoms with Crippen molar-refractivity contribution in [3.05, 3.63) is 60.2 Å². The number of carbonyl (C=O) groups excluding carboxylic acids is 2. The molecule has 0 bridgehead atoms. The maximum Gasteiger partial charge on any atom is 0.319 e. The van der Waals surface area contributed by atoms with Crippen molar-refractivity contribution in [1.29, 1.82) is 0 Å². The molecule has 2 aromatic rings. The van der Waals surface area contributed by atoms with Crippen molar-refractivity contribution >= 4 is 23.3 Å². The summed E-state index contributed by atoms with van der Waals surface area (Å²) in [6.07, 6.45) is 0.840. The monoisotopic (exact) mass is 368 g/mol. The van der Waals surface area contributed by atoms with Gasteiger partial charge in [0.05, 0.1) is 0 Å². The van der Waals surface area contributed by atoms with E-state index in [0.29, 0.717) is 17.8 Å². The van der Waals surface area contributed by atoms with E-state index < -0.39 is 0 Å². The second-order valence-corrected chi connectivity index (χ2v) is 6.70. The molecule has 0 saturated carbocycles. The highest BCUT2D eigenvalue weighted by Gasteiger charge is 2.07. The van der Waals surface area contributed by atoms with Crippen LogP contribution in [0.15, 0.2) is 54.6 Å². The van der Waals surface area contributed by atoms with Gasteiger partial charge in [-0.1, -0.05) is 18.2 Å². The van der Waals surface area contributed by atoms with Gasteiger partial charge in [0.15, 0.2) is 0 Å². The summed E-state index contributed by atoms with van der Waals surface area (Å²) < 4.78 is 0. The first kappa shape index (κ1) is 20.3. The molecule has 0 unspecified atom stereocenters. The summed E-state index contributed by atoms with van der Waals surface area (Å²) >= 11 is 0. The van der Waals surface area contributed by atoms with Gasteiger partial charge in [0, 0.05) is 43.1 Å². The van der Waals surface area contributed by atoms with Crippen LogP contribution in [0.25, 0.3) is 0 Å². The zero-order valence-corrected chi connectivity index (χ0v) is 16.2. The number of nitrogens with zero attached hydrogens (tertiary/aromatic N) is 1. The van der Waals surface area contributed by atoms with Gasteiger partial charge in [-0.05, 0) is 56.7 Å². The van der Waals surface area contributed by atoms with Crippen molar-refractivity contribution in [3.8, 4) is 0 Å². The number of benzene rings is 2. The van der Waals surface area contributed by atoms with Crippen LogP contribution < -0.4 is 20.9 Å².